The molecule has 0 aromatic carbocycles. The molecule has 0 amide bonds. The molecule has 3 heteroatoms. The molecular weight excluding hydrogens is 202 g/mol. The van der Waals surface area contributed by atoms with Crippen LogP contribution in [0.15, 0.2) is 0 Å². The molecular formula is C13H27NO2. The Balaban J connectivity index is 2.25. The Labute approximate surface area is 99.7 Å². The van der Waals surface area contributed by atoms with Gasteiger partial charge in [-0.05, 0) is 33.1 Å². The predicted octanol–water partition coefficient (Wildman–Crippen LogP) is 2.48. The monoisotopic (exact) mass is 229 g/mol. The zero-order valence-corrected chi connectivity index (χ0v) is 11.0. The van der Waals surface area contributed by atoms with E-state index in [1.54, 1.807) is 7.11 Å². The molecule has 96 valence electrons. The van der Waals surface area contributed by atoms with E-state index in [1.807, 2.05) is 0 Å². The van der Waals surface area contributed by atoms with Gasteiger partial charge in [0.1, 0.15) is 0 Å². The van der Waals surface area contributed by atoms with Gasteiger partial charge in [-0.2, -0.15) is 0 Å². The second-order valence-electron chi connectivity index (χ2n) is 5.42. The highest BCUT2D eigenvalue weighted by atomic mass is 16.5. The Morgan fingerprint density at radius 1 is 1.19 bits per heavy atom. The number of ether oxygens (including phenoxy) is 2. The SMILES string of the molecule is COC(C)(C)CCOC1CCCCCC1N. The van der Waals surface area contributed by atoms with E-state index in [0.717, 1.165) is 25.9 Å². The normalized spacial score (nSPS) is 27.8. The summed E-state index contributed by atoms with van der Waals surface area (Å²) < 4.78 is 11.3. The van der Waals surface area contributed by atoms with Gasteiger partial charge in [0.25, 0.3) is 0 Å². The number of nitrogens with two attached hydrogens (primary N) is 1. The lowest BCUT2D eigenvalue weighted by atomic mass is 10.1. The quantitative estimate of drug-likeness (QED) is 0.737. The molecule has 1 aliphatic rings. The molecule has 1 saturated carbocycles. The van der Waals surface area contributed by atoms with Crippen molar-refractivity contribution in [3.8, 4) is 0 Å². The first-order valence-electron chi connectivity index (χ1n) is 6.47. The average Bonchev–Trinajstić information content (AvgIpc) is 2.44. The minimum Gasteiger partial charge on any atom is -0.379 e. The van der Waals surface area contributed by atoms with Crippen LogP contribution in [0.5, 0.6) is 0 Å². The van der Waals surface area contributed by atoms with E-state index < -0.39 is 0 Å². The van der Waals surface area contributed by atoms with Crippen LogP contribution in [0.25, 0.3) is 0 Å². The van der Waals surface area contributed by atoms with Crippen LogP contribution in [0.1, 0.15) is 52.4 Å². The summed E-state index contributed by atoms with van der Waals surface area (Å²) >= 11 is 0. The number of hydrogen-bond donors (Lipinski definition) is 1. The maximum Gasteiger partial charge on any atom is 0.0725 e. The van der Waals surface area contributed by atoms with E-state index in [4.69, 9.17) is 15.2 Å². The van der Waals surface area contributed by atoms with E-state index in [1.165, 1.54) is 19.3 Å². The number of hydrogen-bond acceptors (Lipinski definition) is 3. The van der Waals surface area contributed by atoms with Crippen LogP contribution in [-0.4, -0.2) is 31.5 Å². The van der Waals surface area contributed by atoms with Crippen LogP contribution in [0.4, 0.5) is 0 Å². The molecule has 0 bridgehead atoms. The molecule has 1 rings (SSSR count). The van der Waals surface area contributed by atoms with Crippen LogP contribution in [0.2, 0.25) is 0 Å². The Bertz CT molecular complexity index is 194. The Morgan fingerprint density at radius 2 is 1.88 bits per heavy atom. The molecule has 0 heterocycles. The van der Waals surface area contributed by atoms with E-state index in [-0.39, 0.29) is 17.7 Å². The van der Waals surface area contributed by atoms with Gasteiger partial charge >= 0.3 is 0 Å². The third-order valence-electron chi connectivity index (χ3n) is 3.59. The molecule has 3 nitrogen and oxygen atoms in total. The standard InChI is InChI=1S/C13H27NO2/c1-13(2,15-3)9-10-16-12-8-6-4-5-7-11(12)14/h11-12H,4-10,14H2,1-3H3. The summed E-state index contributed by atoms with van der Waals surface area (Å²) in [5.74, 6) is 0. The Hall–Kier alpha value is -0.120. The fourth-order valence-electron chi connectivity index (χ4n) is 2.07. The topological polar surface area (TPSA) is 44.5 Å². The molecule has 1 fully saturated rings. The third kappa shape index (κ3) is 4.81. The lowest BCUT2D eigenvalue weighted by molar-refractivity contribution is -0.0333. The highest BCUT2D eigenvalue weighted by Crippen LogP contribution is 2.20. The van der Waals surface area contributed by atoms with Crippen LogP contribution < -0.4 is 5.73 Å². The van der Waals surface area contributed by atoms with Crippen LogP contribution in [-0.2, 0) is 9.47 Å². The summed E-state index contributed by atoms with van der Waals surface area (Å²) in [5, 5.41) is 0. The van der Waals surface area contributed by atoms with Crippen LogP contribution in [0.3, 0.4) is 0 Å². The molecule has 2 N–H and O–H groups in total. The van der Waals surface area contributed by atoms with Gasteiger partial charge in [-0.3, -0.25) is 0 Å². The Kier molecular flexibility index (Phi) is 5.73. The lowest BCUT2D eigenvalue weighted by Crippen LogP contribution is -2.37. The van der Waals surface area contributed by atoms with Crippen molar-refractivity contribution in [2.45, 2.75) is 70.1 Å². The van der Waals surface area contributed by atoms with Crippen molar-refractivity contribution in [1.29, 1.82) is 0 Å². The molecule has 0 saturated heterocycles. The van der Waals surface area contributed by atoms with Crippen molar-refractivity contribution in [2.24, 2.45) is 5.73 Å². The summed E-state index contributed by atoms with van der Waals surface area (Å²) in [5.41, 5.74) is 6.02. The molecule has 0 aromatic heterocycles. The second-order valence-corrected chi connectivity index (χ2v) is 5.42. The highest BCUT2D eigenvalue weighted by Gasteiger charge is 2.22. The van der Waals surface area contributed by atoms with Crippen LogP contribution >= 0.6 is 0 Å². The maximum atomic E-state index is 6.11. The van der Waals surface area contributed by atoms with Gasteiger partial charge < -0.3 is 15.2 Å². The van der Waals surface area contributed by atoms with Crippen LogP contribution in [0, 0.1) is 0 Å². The largest absolute Gasteiger partial charge is 0.379 e. The van der Waals surface area contributed by atoms with Gasteiger partial charge in [0.2, 0.25) is 0 Å². The minimum atomic E-state index is -0.0885. The van der Waals surface area contributed by atoms with E-state index in [0.29, 0.717) is 0 Å². The molecule has 0 spiro atoms. The summed E-state index contributed by atoms with van der Waals surface area (Å²) in [4.78, 5) is 0. The molecule has 16 heavy (non-hydrogen) atoms. The molecule has 2 atom stereocenters. The van der Waals surface area contributed by atoms with Crippen molar-refractivity contribution in [2.75, 3.05) is 13.7 Å². The Morgan fingerprint density at radius 3 is 2.56 bits per heavy atom. The van der Waals surface area contributed by atoms with E-state index in [9.17, 15) is 0 Å². The third-order valence-corrected chi connectivity index (χ3v) is 3.59. The first kappa shape index (κ1) is 13.9. The molecule has 0 aliphatic heterocycles. The fraction of sp³-hybridized carbons (Fsp3) is 1.00. The summed E-state index contributed by atoms with van der Waals surface area (Å²) in [6.07, 6.45) is 7.23. The summed E-state index contributed by atoms with van der Waals surface area (Å²) in [7, 11) is 1.75. The van der Waals surface area contributed by atoms with Crippen molar-refractivity contribution < 1.29 is 9.47 Å². The lowest BCUT2D eigenvalue weighted by Gasteiger charge is -2.26. The van der Waals surface area contributed by atoms with Gasteiger partial charge in [0.15, 0.2) is 0 Å². The fourth-order valence-corrected chi connectivity index (χ4v) is 2.07. The van der Waals surface area contributed by atoms with Crippen molar-refractivity contribution in [1.82, 2.24) is 0 Å². The molecule has 0 radical (unpaired) electrons. The van der Waals surface area contributed by atoms with Gasteiger partial charge in [0.05, 0.1) is 11.7 Å². The van der Waals surface area contributed by atoms with E-state index >= 15 is 0 Å². The minimum absolute atomic E-state index is 0.0885. The summed E-state index contributed by atoms with van der Waals surface area (Å²) in [6.45, 7) is 4.92. The highest BCUT2D eigenvalue weighted by molar-refractivity contribution is 4.77. The van der Waals surface area contributed by atoms with Gasteiger partial charge in [0, 0.05) is 19.8 Å². The zero-order valence-electron chi connectivity index (χ0n) is 11.0. The zero-order chi connectivity index (χ0) is 12.0. The number of methoxy groups -OCH3 is 1. The van der Waals surface area contributed by atoms with Crippen molar-refractivity contribution in [3.05, 3.63) is 0 Å². The van der Waals surface area contributed by atoms with Gasteiger partial charge in [-0.1, -0.05) is 19.3 Å². The predicted molar refractivity (Wildman–Crippen MR) is 66.5 cm³/mol. The van der Waals surface area contributed by atoms with Gasteiger partial charge in [-0.15, -0.1) is 0 Å². The van der Waals surface area contributed by atoms with Gasteiger partial charge in [-0.25, -0.2) is 0 Å². The van der Waals surface area contributed by atoms with Crippen molar-refractivity contribution >= 4 is 0 Å². The van der Waals surface area contributed by atoms with Crippen molar-refractivity contribution in [3.63, 3.8) is 0 Å². The molecule has 2 unspecified atom stereocenters. The molecule has 1 aliphatic carbocycles. The van der Waals surface area contributed by atoms with E-state index in [2.05, 4.69) is 13.8 Å². The first-order chi connectivity index (χ1) is 7.55. The second kappa shape index (κ2) is 6.58. The summed E-state index contributed by atoms with van der Waals surface area (Å²) in [6, 6.07) is 0.230. The smallest absolute Gasteiger partial charge is 0.0725 e. The maximum absolute atomic E-state index is 6.11. The average molecular weight is 229 g/mol. The first-order valence-corrected chi connectivity index (χ1v) is 6.47. The molecule has 0 aromatic rings. The number of rotatable bonds is 5.